The van der Waals surface area contributed by atoms with Crippen molar-refractivity contribution in [1.82, 2.24) is 0 Å². The van der Waals surface area contributed by atoms with E-state index in [-0.39, 0.29) is 0 Å². The maximum absolute atomic E-state index is 8.88. The molecule has 0 radical (unpaired) electrons. The predicted octanol–water partition coefficient (Wildman–Crippen LogP) is 2.45. The van der Waals surface area contributed by atoms with Crippen LogP contribution in [0, 0.1) is 0 Å². The van der Waals surface area contributed by atoms with Gasteiger partial charge in [0.05, 0.1) is 0 Å². The van der Waals surface area contributed by atoms with Crippen molar-refractivity contribution in [2.75, 3.05) is 13.2 Å². The molecule has 0 bridgehead atoms. The topological polar surface area (TPSA) is 87.0 Å². The molecule has 0 atom stereocenters. The van der Waals surface area contributed by atoms with Crippen molar-refractivity contribution < 1.29 is 24.0 Å². The number of ether oxygens (including phenoxy) is 1. The molecule has 3 N–H and O–H groups in total. The second kappa shape index (κ2) is 13.1. The van der Waals surface area contributed by atoms with Crippen LogP contribution in [0.3, 0.4) is 0 Å². The van der Waals surface area contributed by atoms with Gasteiger partial charge in [-0.15, -0.1) is 0 Å². The SMILES string of the molecule is CCCCCOCCCCC.O=P(O)(O)O. The Balaban J connectivity index is 0. The molecule has 0 spiro atoms. The highest BCUT2D eigenvalue weighted by Gasteiger charge is 2.00. The van der Waals surface area contributed by atoms with E-state index in [4.69, 9.17) is 24.0 Å². The van der Waals surface area contributed by atoms with E-state index in [2.05, 4.69) is 13.8 Å². The van der Waals surface area contributed by atoms with Gasteiger partial charge in [0.25, 0.3) is 0 Å². The average molecular weight is 256 g/mol. The summed E-state index contributed by atoms with van der Waals surface area (Å²) in [6, 6.07) is 0. The molecule has 0 aromatic carbocycles. The van der Waals surface area contributed by atoms with Gasteiger partial charge in [-0.25, -0.2) is 4.57 Å². The van der Waals surface area contributed by atoms with E-state index < -0.39 is 7.82 Å². The number of phosphoric acid groups is 1. The van der Waals surface area contributed by atoms with Gasteiger partial charge in [-0.3, -0.25) is 0 Å². The molecule has 0 rings (SSSR count). The first kappa shape index (κ1) is 18.4. The van der Waals surface area contributed by atoms with E-state index >= 15 is 0 Å². The Morgan fingerprint density at radius 3 is 1.44 bits per heavy atom. The number of rotatable bonds is 8. The summed E-state index contributed by atoms with van der Waals surface area (Å²) < 4.78 is 14.3. The average Bonchev–Trinajstić information content (AvgIpc) is 2.14. The Hall–Kier alpha value is 0.0700. The minimum absolute atomic E-state index is 0.970. The fourth-order valence-electron chi connectivity index (χ4n) is 1.01. The van der Waals surface area contributed by atoms with E-state index in [1.54, 1.807) is 0 Å². The van der Waals surface area contributed by atoms with Crippen molar-refractivity contribution in [1.29, 1.82) is 0 Å². The Morgan fingerprint density at radius 1 is 0.875 bits per heavy atom. The van der Waals surface area contributed by atoms with Crippen LogP contribution in [0.2, 0.25) is 0 Å². The van der Waals surface area contributed by atoms with E-state index in [0.717, 1.165) is 13.2 Å². The van der Waals surface area contributed by atoms with E-state index in [9.17, 15) is 0 Å². The third kappa shape index (κ3) is 36.9. The lowest BCUT2D eigenvalue weighted by Crippen LogP contribution is -1.96. The van der Waals surface area contributed by atoms with Gasteiger partial charge in [-0.05, 0) is 12.8 Å². The van der Waals surface area contributed by atoms with Crippen molar-refractivity contribution in [3.63, 3.8) is 0 Å². The number of unbranched alkanes of at least 4 members (excludes halogenated alkanes) is 4. The first-order valence-corrected chi connectivity index (χ1v) is 7.34. The lowest BCUT2D eigenvalue weighted by Gasteiger charge is -2.01. The molecule has 16 heavy (non-hydrogen) atoms. The lowest BCUT2D eigenvalue weighted by atomic mass is 10.2. The molecule has 0 aliphatic heterocycles. The van der Waals surface area contributed by atoms with E-state index in [1.807, 2.05) is 0 Å². The smallest absolute Gasteiger partial charge is 0.381 e. The van der Waals surface area contributed by atoms with Crippen LogP contribution in [0.4, 0.5) is 0 Å². The molecule has 0 unspecified atom stereocenters. The largest absolute Gasteiger partial charge is 0.466 e. The quantitative estimate of drug-likeness (QED) is 0.458. The summed E-state index contributed by atoms with van der Waals surface area (Å²) in [7, 11) is -4.64. The van der Waals surface area contributed by atoms with Gasteiger partial charge in [0.1, 0.15) is 0 Å². The second-order valence-electron chi connectivity index (χ2n) is 3.54. The first-order valence-electron chi connectivity index (χ1n) is 5.77. The predicted molar refractivity (Wildman–Crippen MR) is 64.1 cm³/mol. The molecular weight excluding hydrogens is 231 g/mol. The first-order chi connectivity index (χ1) is 7.41. The molecule has 0 heterocycles. The zero-order valence-corrected chi connectivity index (χ0v) is 11.2. The third-order valence-corrected chi connectivity index (χ3v) is 1.78. The number of hydrogen-bond donors (Lipinski definition) is 3. The fraction of sp³-hybridized carbons (Fsp3) is 1.00. The third-order valence-electron chi connectivity index (χ3n) is 1.78. The van der Waals surface area contributed by atoms with Gasteiger partial charge in [0, 0.05) is 13.2 Å². The van der Waals surface area contributed by atoms with Crippen LogP contribution in [-0.4, -0.2) is 27.9 Å². The van der Waals surface area contributed by atoms with Crippen molar-refractivity contribution in [2.45, 2.75) is 52.4 Å². The van der Waals surface area contributed by atoms with Crippen molar-refractivity contribution in [2.24, 2.45) is 0 Å². The van der Waals surface area contributed by atoms with Crippen LogP contribution in [0.1, 0.15) is 52.4 Å². The van der Waals surface area contributed by atoms with Gasteiger partial charge in [-0.1, -0.05) is 39.5 Å². The second-order valence-corrected chi connectivity index (χ2v) is 4.57. The summed E-state index contributed by atoms with van der Waals surface area (Å²) in [4.78, 5) is 21.6. The van der Waals surface area contributed by atoms with Crippen molar-refractivity contribution in [3.8, 4) is 0 Å². The Labute approximate surface area is 98.1 Å². The molecule has 0 saturated heterocycles. The molecule has 0 aromatic rings. The van der Waals surface area contributed by atoms with Crippen LogP contribution in [0.25, 0.3) is 0 Å². The molecular formula is C10H25O5P. The van der Waals surface area contributed by atoms with Gasteiger partial charge in [0.2, 0.25) is 0 Å². The summed E-state index contributed by atoms with van der Waals surface area (Å²) in [6.07, 6.45) is 7.68. The van der Waals surface area contributed by atoms with Crippen LogP contribution in [0.15, 0.2) is 0 Å². The minimum atomic E-state index is -4.64. The Bertz CT molecular complexity index is 152. The Morgan fingerprint density at radius 2 is 1.19 bits per heavy atom. The molecule has 0 saturated carbocycles. The standard InChI is InChI=1S/C10H22O.H3O4P/c1-3-5-7-9-11-10-8-6-4-2;1-5(2,3)4/h3-10H2,1-2H3;(H3,1,2,3,4). The highest BCUT2D eigenvalue weighted by atomic mass is 31.2. The number of hydrogen-bond acceptors (Lipinski definition) is 2. The zero-order valence-electron chi connectivity index (χ0n) is 10.3. The van der Waals surface area contributed by atoms with Crippen molar-refractivity contribution >= 4 is 7.82 Å². The van der Waals surface area contributed by atoms with Gasteiger partial charge >= 0.3 is 7.82 Å². The van der Waals surface area contributed by atoms with Crippen LogP contribution in [-0.2, 0) is 9.30 Å². The zero-order chi connectivity index (χ0) is 12.9. The van der Waals surface area contributed by atoms with Gasteiger partial charge < -0.3 is 19.4 Å². The molecule has 6 heteroatoms. The summed E-state index contributed by atoms with van der Waals surface area (Å²) in [5.41, 5.74) is 0. The molecule has 0 amide bonds. The van der Waals surface area contributed by atoms with E-state index in [0.29, 0.717) is 0 Å². The fourth-order valence-corrected chi connectivity index (χ4v) is 1.01. The van der Waals surface area contributed by atoms with Crippen LogP contribution < -0.4 is 0 Å². The molecule has 0 aliphatic rings. The summed E-state index contributed by atoms with van der Waals surface area (Å²) in [5, 5.41) is 0. The highest BCUT2D eigenvalue weighted by Crippen LogP contribution is 2.25. The van der Waals surface area contributed by atoms with Gasteiger partial charge in [-0.2, -0.15) is 0 Å². The Kier molecular flexibility index (Phi) is 15.1. The maximum Gasteiger partial charge on any atom is 0.466 e. The van der Waals surface area contributed by atoms with Crippen LogP contribution in [0.5, 0.6) is 0 Å². The minimum Gasteiger partial charge on any atom is -0.381 e. The monoisotopic (exact) mass is 256 g/mol. The van der Waals surface area contributed by atoms with Crippen molar-refractivity contribution in [3.05, 3.63) is 0 Å². The van der Waals surface area contributed by atoms with Crippen LogP contribution >= 0.6 is 7.82 Å². The summed E-state index contributed by atoms with van der Waals surface area (Å²) in [5.74, 6) is 0. The molecule has 5 nitrogen and oxygen atoms in total. The van der Waals surface area contributed by atoms with E-state index in [1.165, 1.54) is 38.5 Å². The highest BCUT2D eigenvalue weighted by molar-refractivity contribution is 7.45. The molecule has 0 aromatic heterocycles. The summed E-state index contributed by atoms with van der Waals surface area (Å²) >= 11 is 0. The normalized spacial score (nSPS) is 10.8. The molecule has 0 aliphatic carbocycles. The maximum atomic E-state index is 8.88. The van der Waals surface area contributed by atoms with Gasteiger partial charge in [0.15, 0.2) is 0 Å². The summed E-state index contributed by atoms with van der Waals surface area (Å²) in [6.45, 7) is 6.38. The molecule has 100 valence electrons. The molecule has 0 fully saturated rings. The lowest BCUT2D eigenvalue weighted by molar-refractivity contribution is 0.126.